The Balaban J connectivity index is 1.50. The van der Waals surface area contributed by atoms with Crippen LogP contribution >= 0.6 is 0 Å². The second-order valence-electron chi connectivity index (χ2n) is 8.20. The number of carbonyl (C=O) groups excluding carboxylic acids is 1. The van der Waals surface area contributed by atoms with E-state index in [-0.39, 0.29) is 12.1 Å². The van der Waals surface area contributed by atoms with Crippen molar-refractivity contribution in [2.24, 2.45) is 5.92 Å². The van der Waals surface area contributed by atoms with Crippen molar-refractivity contribution >= 4 is 6.03 Å². The highest BCUT2D eigenvalue weighted by Crippen LogP contribution is 2.21. The van der Waals surface area contributed by atoms with Crippen molar-refractivity contribution in [2.45, 2.75) is 32.0 Å². The lowest BCUT2D eigenvalue weighted by Gasteiger charge is -2.40. The molecule has 0 radical (unpaired) electrons. The zero-order chi connectivity index (χ0) is 18.0. The summed E-state index contributed by atoms with van der Waals surface area (Å²) in [5, 5.41) is 3.20. The number of ether oxygens (including phenoxy) is 1. The number of piperazine rings is 1. The first-order valence-electron chi connectivity index (χ1n) is 9.73. The molecule has 3 rings (SSSR count). The number of fused-ring (bicyclic) bond motifs is 1. The first-order chi connectivity index (χ1) is 12.0. The molecule has 3 atom stereocenters. The molecule has 7 nitrogen and oxygen atoms in total. The van der Waals surface area contributed by atoms with E-state index in [1.54, 1.807) is 0 Å². The molecule has 0 aromatic rings. The van der Waals surface area contributed by atoms with Crippen molar-refractivity contribution in [1.82, 2.24) is 24.9 Å². The van der Waals surface area contributed by atoms with Gasteiger partial charge in [-0.3, -0.25) is 9.80 Å². The number of hydrogen-bond donors (Lipinski definition) is 1. The van der Waals surface area contributed by atoms with E-state index in [0.29, 0.717) is 24.5 Å². The fourth-order valence-corrected chi connectivity index (χ4v) is 4.27. The van der Waals surface area contributed by atoms with E-state index in [4.69, 9.17) is 4.74 Å². The molecule has 144 valence electrons. The average molecular weight is 354 g/mol. The molecule has 0 aliphatic carbocycles. The van der Waals surface area contributed by atoms with Crippen LogP contribution in [0, 0.1) is 5.92 Å². The molecule has 1 unspecified atom stereocenters. The van der Waals surface area contributed by atoms with E-state index < -0.39 is 0 Å². The van der Waals surface area contributed by atoms with Gasteiger partial charge in [-0.05, 0) is 20.0 Å². The molecule has 0 aromatic heterocycles. The highest BCUT2D eigenvalue weighted by atomic mass is 16.5. The zero-order valence-corrected chi connectivity index (χ0v) is 16.3. The summed E-state index contributed by atoms with van der Waals surface area (Å²) in [5.41, 5.74) is 0. The molecular formula is C18H35N5O2. The Morgan fingerprint density at radius 3 is 2.48 bits per heavy atom. The third-order valence-electron chi connectivity index (χ3n) is 6.11. The van der Waals surface area contributed by atoms with Gasteiger partial charge in [0.2, 0.25) is 0 Å². The summed E-state index contributed by atoms with van der Waals surface area (Å²) in [5.74, 6) is 0.527. The van der Waals surface area contributed by atoms with Crippen molar-refractivity contribution in [3.8, 4) is 0 Å². The molecule has 0 aromatic carbocycles. The Morgan fingerprint density at radius 2 is 1.84 bits per heavy atom. The normalized spacial score (nSPS) is 30.5. The number of amides is 2. The Bertz CT molecular complexity index is 453. The van der Waals surface area contributed by atoms with Crippen LogP contribution in [0.25, 0.3) is 0 Å². The first kappa shape index (κ1) is 18.9. The number of nitrogens with zero attached hydrogens (tertiary/aromatic N) is 4. The maximum absolute atomic E-state index is 12.7. The number of morpholine rings is 1. The number of rotatable bonds is 4. The van der Waals surface area contributed by atoms with Crippen LogP contribution in [0.2, 0.25) is 0 Å². The summed E-state index contributed by atoms with van der Waals surface area (Å²) < 4.78 is 5.85. The molecule has 3 aliphatic rings. The molecular weight excluding hydrogens is 318 g/mol. The summed E-state index contributed by atoms with van der Waals surface area (Å²) in [4.78, 5) is 21.8. The fraction of sp³-hybridized carbons (Fsp3) is 0.944. The lowest BCUT2D eigenvalue weighted by molar-refractivity contribution is -0.0367. The molecule has 3 heterocycles. The molecule has 25 heavy (non-hydrogen) atoms. The van der Waals surface area contributed by atoms with Gasteiger partial charge in [-0.2, -0.15) is 0 Å². The Kier molecular flexibility index (Phi) is 6.20. The molecule has 2 amide bonds. The fourth-order valence-electron chi connectivity index (χ4n) is 4.27. The van der Waals surface area contributed by atoms with Gasteiger partial charge in [0, 0.05) is 51.9 Å². The van der Waals surface area contributed by atoms with Gasteiger partial charge in [0.1, 0.15) is 0 Å². The number of nitrogens with one attached hydrogen (secondary N) is 1. The molecule has 1 N–H and O–H groups in total. The average Bonchev–Trinajstić information content (AvgIpc) is 3.02. The van der Waals surface area contributed by atoms with E-state index in [1.807, 2.05) is 4.90 Å². The molecule has 0 saturated carbocycles. The van der Waals surface area contributed by atoms with Crippen LogP contribution in [-0.2, 0) is 4.74 Å². The van der Waals surface area contributed by atoms with E-state index in [9.17, 15) is 4.79 Å². The second kappa shape index (κ2) is 8.20. The molecule has 7 heteroatoms. The standard InChI is InChI=1S/C18H35N5O2/c1-14(2)15(22-7-5-20(3)6-8-22)11-19-18(24)23-12-16-17(13-23)25-10-9-21(16)4/h14-17H,5-13H2,1-4H3,(H,19,24)/t15?,16-,17+/m0/s1. The maximum atomic E-state index is 12.7. The molecule has 0 spiro atoms. The van der Waals surface area contributed by atoms with Crippen LogP contribution in [0.1, 0.15) is 13.8 Å². The van der Waals surface area contributed by atoms with Crippen molar-refractivity contribution < 1.29 is 9.53 Å². The Labute approximate surface area is 152 Å². The number of hydrogen-bond acceptors (Lipinski definition) is 5. The summed E-state index contributed by atoms with van der Waals surface area (Å²) >= 11 is 0. The van der Waals surface area contributed by atoms with Crippen molar-refractivity contribution in [1.29, 1.82) is 0 Å². The second-order valence-corrected chi connectivity index (χ2v) is 8.20. The minimum absolute atomic E-state index is 0.0613. The third kappa shape index (κ3) is 4.45. The highest BCUT2D eigenvalue weighted by molar-refractivity contribution is 5.74. The molecule has 3 saturated heterocycles. The van der Waals surface area contributed by atoms with E-state index in [1.165, 1.54) is 0 Å². The molecule has 3 aliphatic heterocycles. The number of likely N-dealkylation sites (tertiary alicyclic amines) is 1. The third-order valence-corrected chi connectivity index (χ3v) is 6.11. The number of urea groups is 1. The van der Waals surface area contributed by atoms with Gasteiger partial charge in [0.15, 0.2) is 0 Å². The summed E-state index contributed by atoms with van der Waals surface area (Å²) in [7, 11) is 4.30. The highest BCUT2D eigenvalue weighted by Gasteiger charge is 2.40. The van der Waals surface area contributed by atoms with Crippen LogP contribution in [0.15, 0.2) is 0 Å². The van der Waals surface area contributed by atoms with E-state index in [0.717, 1.165) is 52.4 Å². The van der Waals surface area contributed by atoms with Crippen LogP contribution < -0.4 is 5.32 Å². The van der Waals surface area contributed by atoms with E-state index >= 15 is 0 Å². The largest absolute Gasteiger partial charge is 0.373 e. The van der Waals surface area contributed by atoms with Gasteiger partial charge in [-0.1, -0.05) is 13.8 Å². The van der Waals surface area contributed by atoms with Gasteiger partial charge >= 0.3 is 6.03 Å². The monoisotopic (exact) mass is 353 g/mol. The smallest absolute Gasteiger partial charge is 0.317 e. The van der Waals surface area contributed by atoms with Crippen molar-refractivity contribution in [2.75, 3.05) is 73.1 Å². The molecule has 0 bridgehead atoms. The quantitative estimate of drug-likeness (QED) is 0.770. The molecule has 3 fully saturated rings. The first-order valence-corrected chi connectivity index (χ1v) is 9.73. The summed E-state index contributed by atoms with van der Waals surface area (Å²) in [6.45, 7) is 12.8. The van der Waals surface area contributed by atoms with Crippen LogP contribution in [-0.4, -0.2) is 117 Å². The topological polar surface area (TPSA) is 51.3 Å². The lowest BCUT2D eigenvalue weighted by Crippen LogP contribution is -2.55. The Morgan fingerprint density at radius 1 is 1.12 bits per heavy atom. The van der Waals surface area contributed by atoms with Gasteiger partial charge < -0.3 is 19.9 Å². The van der Waals surface area contributed by atoms with Gasteiger partial charge in [-0.15, -0.1) is 0 Å². The van der Waals surface area contributed by atoms with Gasteiger partial charge in [0.25, 0.3) is 0 Å². The summed E-state index contributed by atoms with van der Waals surface area (Å²) in [6, 6.07) is 0.811. The summed E-state index contributed by atoms with van der Waals surface area (Å²) in [6.07, 6.45) is 0.169. The van der Waals surface area contributed by atoms with Crippen LogP contribution in [0.5, 0.6) is 0 Å². The predicted molar refractivity (Wildman–Crippen MR) is 98.8 cm³/mol. The van der Waals surface area contributed by atoms with Crippen LogP contribution in [0.4, 0.5) is 4.79 Å². The SMILES string of the molecule is CC(C)C(CNC(=O)N1C[C@H]2OCCN(C)[C@H]2C1)N1CCN(C)CC1. The maximum Gasteiger partial charge on any atom is 0.317 e. The van der Waals surface area contributed by atoms with Crippen LogP contribution in [0.3, 0.4) is 0 Å². The predicted octanol–water partition coefficient (Wildman–Crippen LogP) is -0.0172. The minimum atomic E-state index is 0.0613. The van der Waals surface area contributed by atoms with Crippen molar-refractivity contribution in [3.05, 3.63) is 0 Å². The zero-order valence-electron chi connectivity index (χ0n) is 16.3. The number of likely N-dealkylation sites (N-methyl/N-ethyl adjacent to an activating group) is 2. The minimum Gasteiger partial charge on any atom is -0.373 e. The lowest BCUT2D eigenvalue weighted by atomic mass is 10.0. The van der Waals surface area contributed by atoms with Gasteiger partial charge in [-0.25, -0.2) is 4.79 Å². The van der Waals surface area contributed by atoms with Gasteiger partial charge in [0.05, 0.1) is 25.3 Å². The van der Waals surface area contributed by atoms with Crippen molar-refractivity contribution in [3.63, 3.8) is 0 Å². The van der Waals surface area contributed by atoms with E-state index in [2.05, 4.69) is 48.0 Å². The number of carbonyl (C=O) groups is 1. The Hall–Kier alpha value is -0.890.